The monoisotopic (exact) mass is 552 g/mol. The van der Waals surface area contributed by atoms with Gasteiger partial charge in [0.15, 0.2) is 4.80 Å². The van der Waals surface area contributed by atoms with E-state index in [2.05, 4.69) is 4.99 Å². The highest BCUT2D eigenvalue weighted by atomic mass is 32.1. The number of aliphatic carboxylic acids is 1. The minimum atomic E-state index is -0.833. The standard InChI is InChI=1S/C27H28N2O5S.C2H4O2/c1-6-33-21-10-8-7-9-19(21)15-22-25(30)29-24(18-11-13-20(32-5)14-12-18)23(26(31)34-16(2)3)17(4)28-27(29)35-22;1-2(3)4/h7-16,24H,6H2,1-5H3;1H3,(H,3,4)/b22-15+;. The number of esters is 1. The van der Waals surface area contributed by atoms with E-state index in [0.717, 1.165) is 18.1 Å². The van der Waals surface area contributed by atoms with Crippen molar-refractivity contribution in [1.82, 2.24) is 4.57 Å². The number of carboxylic acid groups (broad SMARTS) is 1. The Hall–Kier alpha value is -4.18. The van der Waals surface area contributed by atoms with Gasteiger partial charge in [-0.2, -0.15) is 0 Å². The number of methoxy groups -OCH3 is 1. The summed E-state index contributed by atoms with van der Waals surface area (Å²) in [5, 5.41) is 7.42. The molecule has 3 aromatic rings. The van der Waals surface area contributed by atoms with Gasteiger partial charge in [-0.05, 0) is 57.5 Å². The van der Waals surface area contributed by atoms with Gasteiger partial charge in [0.2, 0.25) is 0 Å². The summed E-state index contributed by atoms with van der Waals surface area (Å²) in [5.74, 6) is 0.0589. The first-order chi connectivity index (χ1) is 18.6. The maximum absolute atomic E-state index is 13.7. The highest BCUT2D eigenvalue weighted by Crippen LogP contribution is 2.32. The predicted octanol–water partition coefficient (Wildman–Crippen LogP) is 3.69. The van der Waals surface area contributed by atoms with Crippen LogP contribution in [0.3, 0.4) is 0 Å². The van der Waals surface area contributed by atoms with Crippen LogP contribution in [0.4, 0.5) is 0 Å². The molecule has 2 heterocycles. The van der Waals surface area contributed by atoms with Gasteiger partial charge in [-0.1, -0.05) is 41.7 Å². The lowest BCUT2D eigenvalue weighted by molar-refractivity contribution is -0.143. The molecule has 1 aliphatic heterocycles. The normalized spacial score (nSPS) is 14.6. The van der Waals surface area contributed by atoms with Gasteiger partial charge in [-0.3, -0.25) is 14.2 Å². The summed E-state index contributed by atoms with van der Waals surface area (Å²) >= 11 is 1.28. The molecule has 2 aromatic carbocycles. The number of aromatic nitrogens is 1. The van der Waals surface area contributed by atoms with Crippen LogP contribution >= 0.6 is 11.3 Å². The third-order valence-corrected chi connectivity index (χ3v) is 6.50. The Morgan fingerprint density at radius 1 is 1.15 bits per heavy atom. The number of hydrogen-bond donors (Lipinski definition) is 1. The Balaban J connectivity index is 0.000000983. The number of carboxylic acids is 1. The maximum atomic E-state index is 13.7. The number of hydrogen-bond acceptors (Lipinski definition) is 8. The highest BCUT2D eigenvalue weighted by Gasteiger charge is 2.33. The zero-order chi connectivity index (χ0) is 28.7. The van der Waals surface area contributed by atoms with Crippen LogP contribution in [0.1, 0.15) is 51.8 Å². The van der Waals surface area contributed by atoms with Crippen molar-refractivity contribution in [3.05, 3.63) is 90.6 Å². The maximum Gasteiger partial charge on any atom is 0.338 e. The molecule has 0 fully saturated rings. The number of carbonyl (C=O) groups excluding carboxylic acids is 1. The molecule has 1 N–H and O–H groups in total. The minimum Gasteiger partial charge on any atom is -0.497 e. The number of fused-ring (bicyclic) bond motifs is 1. The number of thiazole rings is 1. The second-order valence-electron chi connectivity index (χ2n) is 8.80. The van der Waals surface area contributed by atoms with Gasteiger partial charge in [0.25, 0.3) is 11.5 Å². The molecular formula is C29H32N2O7S. The van der Waals surface area contributed by atoms with Crippen molar-refractivity contribution in [1.29, 1.82) is 0 Å². The van der Waals surface area contributed by atoms with Gasteiger partial charge in [-0.25, -0.2) is 9.79 Å². The van der Waals surface area contributed by atoms with Gasteiger partial charge in [0.1, 0.15) is 11.5 Å². The Morgan fingerprint density at radius 2 is 1.79 bits per heavy atom. The fourth-order valence-corrected chi connectivity index (χ4v) is 5.03. The smallest absolute Gasteiger partial charge is 0.338 e. The number of rotatable bonds is 7. The van der Waals surface area contributed by atoms with E-state index in [1.54, 1.807) is 32.4 Å². The molecule has 206 valence electrons. The molecule has 0 aliphatic carbocycles. The topological polar surface area (TPSA) is 116 Å². The quantitative estimate of drug-likeness (QED) is 0.445. The van der Waals surface area contributed by atoms with Crippen molar-refractivity contribution >= 4 is 29.4 Å². The van der Waals surface area contributed by atoms with E-state index in [4.69, 9.17) is 24.1 Å². The summed E-state index contributed by atoms with van der Waals surface area (Å²) < 4.78 is 18.6. The molecule has 1 aromatic heterocycles. The van der Waals surface area contributed by atoms with Gasteiger partial charge < -0.3 is 19.3 Å². The molecule has 10 heteroatoms. The van der Waals surface area contributed by atoms with Crippen LogP contribution in [0.2, 0.25) is 0 Å². The molecule has 1 aliphatic rings. The summed E-state index contributed by atoms with van der Waals surface area (Å²) in [6.45, 7) is 8.88. The molecule has 0 bridgehead atoms. The van der Waals surface area contributed by atoms with Crippen LogP contribution in [0.15, 0.2) is 69.6 Å². The predicted molar refractivity (Wildman–Crippen MR) is 149 cm³/mol. The third kappa shape index (κ3) is 7.02. The van der Waals surface area contributed by atoms with E-state index in [9.17, 15) is 9.59 Å². The van der Waals surface area contributed by atoms with E-state index in [-0.39, 0.29) is 11.7 Å². The van der Waals surface area contributed by atoms with Crippen molar-refractivity contribution < 1.29 is 28.9 Å². The van der Waals surface area contributed by atoms with Crippen molar-refractivity contribution in [2.45, 2.75) is 46.8 Å². The van der Waals surface area contributed by atoms with Gasteiger partial charge in [0.05, 0.1) is 41.7 Å². The fraction of sp³-hybridized carbons (Fsp3) is 0.310. The van der Waals surface area contributed by atoms with Crippen LogP contribution in [-0.2, 0) is 14.3 Å². The summed E-state index contributed by atoms with van der Waals surface area (Å²) in [5.41, 5.74) is 2.20. The van der Waals surface area contributed by atoms with Gasteiger partial charge >= 0.3 is 5.97 Å². The summed E-state index contributed by atoms with van der Waals surface area (Å²) in [7, 11) is 1.59. The van der Waals surface area contributed by atoms with Crippen LogP contribution in [0.25, 0.3) is 6.08 Å². The van der Waals surface area contributed by atoms with Crippen LogP contribution < -0.4 is 24.4 Å². The first-order valence-corrected chi connectivity index (χ1v) is 13.2. The van der Waals surface area contributed by atoms with Crippen molar-refractivity contribution in [2.75, 3.05) is 13.7 Å². The zero-order valence-electron chi connectivity index (χ0n) is 22.8. The number of para-hydroxylation sites is 1. The molecular weight excluding hydrogens is 520 g/mol. The van der Waals surface area contributed by atoms with Gasteiger partial charge in [-0.15, -0.1) is 0 Å². The van der Waals surface area contributed by atoms with E-state index in [0.29, 0.717) is 38.7 Å². The number of allylic oxidation sites excluding steroid dienone is 1. The largest absolute Gasteiger partial charge is 0.497 e. The zero-order valence-corrected chi connectivity index (χ0v) is 23.6. The molecule has 0 spiro atoms. The highest BCUT2D eigenvalue weighted by molar-refractivity contribution is 7.07. The molecule has 0 amide bonds. The molecule has 0 saturated carbocycles. The first-order valence-electron chi connectivity index (χ1n) is 12.4. The Kier molecular flexibility index (Phi) is 9.84. The fourth-order valence-electron chi connectivity index (χ4n) is 3.99. The lowest BCUT2D eigenvalue weighted by Gasteiger charge is -2.25. The molecule has 1 atom stereocenters. The average Bonchev–Trinajstić information content (AvgIpc) is 3.18. The summed E-state index contributed by atoms with van der Waals surface area (Å²) in [6.07, 6.45) is 1.50. The van der Waals surface area contributed by atoms with Crippen LogP contribution in [0, 0.1) is 0 Å². The Labute approximate surface area is 230 Å². The Bertz CT molecular complexity index is 1550. The van der Waals surface area contributed by atoms with E-state index < -0.39 is 18.0 Å². The number of ether oxygens (including phenoxy) is 3. The van der Waals surface area contributed by atoms with E-state index in [1.165, 1.54) is 11.3 Å². The van der Waals surface area contributed by atoms with Crippen LogP contribution in [-0.4, -0.2) is 41.4 Å². The number of nitrogens with zero attached hydrogens (tertiary/aromatic N) is 2. The molecule has 0 saturated heterocycles. The second-order valence-corrected chi connectivity index (χ2v) is 9.81. The number of benzene rings is 2. The molecule has 39 heavy (non-hydrogen) atoms. The molecule has 9 nitrogen and oxygen atoms in total. The molecule has 0 radical (unpaired) electrons. The minimum absolute atomic E-state index is 0.233. The summed E-state index contributed by atoms with van der Waals surface area (Å²) in [6, 6.07) is 14.2. The third-order valence-electron chi connectivity index (χ3n) is 5.52. The lowest BCUT2D eigenvalue weighted by Crippen LogP contribution is -2.40. The molecule has 1 unspecified atom stereocenters. The Morgan fingerprint density at radius 3 is 2.38 bits per heavy atom. The average molecular weight is 553 g/mol. The summed E-state index contributed by atoms with van der Waals surface area (Å²) in [4.78, 5) is 41.0. The van der Waals surface area contributed by atoms with Gasteiger partial charge in [0, 0.05) is 12.5 Å². The lowest BCUT2D eigenvalue weighted by atomic mass is 9.96. The van der Waals surface area contributed by atoms with Crippen molar-refractivity contribution in [2.24, 2.45) is 4.99 Å². The van der Waals surface area contributed by atoms with Crippen LogP contribution in [0.5, 0.6) is 11.5 Å². The van der Waals surface area contributed by atoms with E-state index in [1.807, 2.05) is 61.5 Å². The first kappa shape index (κ1) is 29.4. The van der Waals surface area contributed by atoms with E-state index >= 15 is 0 Å². The molecule has 4 rings (SSSR count). The van der Waals surface area contributed by atoms with Crippen molar-refractivity contribution in [3.8, 4) is 11.5 Å². The van der Waals surface area contributed by atoms with Crippen molar-refractivity contribution in [3.63, 3.8) is 0 Å². The SMILES string of the molecule is CC(=O)O.CCOc1ccccc1/C=c1/sc2n(c1=O)C(c1ccc(OC)cc1)C(C(=O)OC(C)C)=C(C)N=2. The second kappa shape index (κ2) is 13.1. The number of carbonyl (C=O) groups is 2.